The summed E-state index contributed by atoms with van der Waals surface area (Å²) < 4.78 is 0. The van der Waals surface area contributed by atoms with Crippen molar-refractivity contribution in [3.63, 3.8) is 0 Å². The summed E-state index contributed by atoms with van der Waals surface area (Å²) in [5.74, 6) is 0.549. The summed E-state index contributed by atoms with van der Waals surface area (Å²) in [5.41, 5.74) is 10.7. The molecular formula is C5H13BrN4. The second-order valence-corrected chi connectivity index (χ2v) is 2.13. The predicted molar refractivity (Wildman–Crippen MR) is 47.4 cm³/mol. The number of aliphatic imine (C=N–C) groups is 1. The highest BCUT2D eigenvalue weighted by molar-refractivity contribution is 8.93. The SMILES string of the molecule is Br.NCC[C@H]1CNC(N)=N1. The van der Waals surface area contributed by atoms with E-state index in [1.807, 2.05) is 0 Å². The standard InChI is InChI=1S/C5H12N4.BrH/c6-2-1-4-3-8-5(7)9-4;/h4H,1-3,6H2,(H3,7,8,9);1H/t4-;/m0./s1. The number of hydrogen-bond donors (Lipinski definition) is 3. The van der Waals surface area contributed by atoms with E-state index in [-0.39, 0.29) is 17.0 Å². The fourth-order valence-corrected chi connectivity index (χ4v) is 0.869. The van der Waals surface area contributed by atoms with Crippen molar-refractivity contribution in [2.75, 3.05) is 13.1 Å². The molecule has 0 aliphatic carbocycles. The summed E-state index contributed by atoms with van der Waals surface area (Å²) >= 11 is 0. The summed E-state index contributed by atoms with van der Waals surface area (Å²) in [5, 5.41) is 2.93. The molecule has 0 spiro atoms. The highest BCUT2D eigenvalue weighted by atomic mass is 79.9. The van der Waals surface area contributed by atoms with Crippen LogP contribution in [0.25, 0.3) is 0 Å². The van der Waals surface area contributed by atoms with Crippen LogP contribution >= 0.6 is 17.0 Å². The second kappa shape index (κ2) is 4.51. The third kappa shape index (κ3) is 2.53. The molecule has 0 aromatic rings. The third-order valence-corrected chi connectivity index (χ3v) is 1.34. The fourth-order valence-electron chi connectivity index (χ4n) is 0.869. The van der Waals surface area contributed by atoms with Gasteiger partial charge in [-0.15, -0.1) is 17.0 Å². The second-order valence-electron chi connectivity index (χ2n) is 2.13. The molecule has 0 unspecified atom stereocenters. The molecule has 1 aliphatic rings. The van der Waals surface area contributed by atoms with Gasteiger partial charge in [0.15, 0.2) is 5.96 Å². The van der Waals surface area contributed by atoms with Crippen LogP contribution in [-0.2, 0) is 0 Å². The first kappa shape index (κ1) is 9.71. The van der Waals surface area contributed by atoms with E-state index in [1.54, 1.807) is 0 Å². The van der Waals surface area contributed by atoms with Gasteiger partial charge in [0.05, 0.1) is 6.04 Å². The quantitative estimate of drug-likeness (QED) is 0.557. The van der Waals surface area contributed by atoms with Crippen molar-refractivity contribution in [3.05, 3.63) is 0 Å². The van der Waals surface area contributed by atoms with Crippen LogP contribution < -0.4 is 16.8 Å². The van der Waals surface area contributed by atoms with E-state index in [0.29, 0.717) is 18.5 Å². The van der Waals surface area contributed by atoms with Gasteiger partial charge in [-0.2, -0.15) is 0 Å². The number of nitrogens with one attached hydrogen (secondary N) is 1. The molecule has 1 rings (SSSR count). The molecule has 0 aromatic heterocycles. The minimum atomic E-state index is 0. The van der Waals surface area contributed by atoms with E-state index in [1.165, 1.54) is 0 Å². The van der Waals surface area contributed by atoms with Crippen molar-refractivity contribution in [1.82, 2.24) is 5.32 Å². The van der Waals surface area contributed by atoms with E-state index >= 15 is 0 Å². The van der Waals surface area contributed by atoms with Crippen LogP contribution in [0.5, 0.6) is 0 Å². The molecule has 5 heteroatoms. The van der Waals surface area contributed by atoms with Gasteiger partial charge in [0.2, 0.25) is 0 Å². The van der Waals surface area contributed by atoms with Crippen molar-refractivity contribution in [3.8, 4) is 0 Å². The maximum absolute atomic E-state index is 5.35. The molecule has 0 fully saturated rings. The molecule has 1 heterocycles. The fraction of sp³-hybridized carbons (Fsp3) is 0.800. The van der Waals surface area contributed by atoms with Gasteiger partial charge < -0.3 is 16.8 Å². The van der Waals surface area contributed by atoms with Crippen LogP contribution in [0, 0.1) is 0 Å². The molecule has 0 saturated heterocycles. The van der Waals surface area contributed by atoms with E-state index in [4.69, 9.17) is 11.5 Å². The maximum atomic E-state index is 5.35. The first-order chi connectivity index (χ1) is 4.33. The van der Waals surface area contributed by atoms with Crippen molar-refractivity contribution >= 4 is 22.9 Å². The van der Waals surface area contributed by atoms with Gasteiger partial charge in [-0.25, -0.2) is 4.99 Å². The number of nitrogens with two attached hydrogens (primary N) is 2. The lowest BCUT2D eigenvalue weighted by molar-refractivity contribution is 0.644. The molecule has 0 amide bonds. The molecule has 5 N–H and O–H groups in total. The highest BCUT2D eigenvalue weighted by Gasteiger charge is 2.12. The molecule has 1 atom stereocenters. The van der Waals surface area contributed by atoms with E-state index in [2.05, 4.69) is 10.3 Å². The van der Waals surface area contributed by atoms with E-state index < -0.39 is 0 Å². The Hall–Kier alpha value is -0.290. The lowest BCUT2D eigenvalue weighted by atomic mass is 10.2. The summed E-state index contributed by atoms with van der Waals surface area (Å²) in [6.45, 7) is 1.53. The van der Waals surface area contributed by atoms with Gasteiger partial charge in [0.25, 0.3) is 0 Å². The summed E-state index contributed by atoms with van der Waals surface area (Å²) in [6, 6.07) is 0.315. The Morgan fingerprint density at radius 3 is 2.80 bits per heavy atom. The Morgan fingerprint density at radius 2 is 2.40 bits per heavy atom. The van der Waals surface area contributed by atoms with Gasteiger partial charge in [0.1, 0.15) is 0 Å². The highest BCUT2D eigenvalue weighted by Crippen LogP contribution is 1.98. The number of guanidine groups is 1. The minimum Gasteiger partial charge on any atom is -0.370 e. The molecule has 10 heavy (non-hydrogen) atoms. The minimum absolute atomic E-state index is 0. The largest absolute Gasteiger partial charge is 0.370 e. The molecular weight excluding hydrogens is 196 g/mol. The van der Waals surface area contributed by atoms with Crippen LogP contribution in [0.2, 0.25) is 0 Å². The van der Waals surface area contributed by atoms with Gasteiger partial charge in [-0.1, -0.05) is 0 Å². The molecule has 0 radical (unpaired) electrons. The number of nitrogens with zero attached hydrogens (tertiary/aromatic N) is 1. The van der Waals surface area contributed by atoms with Gasteiger partial charge >= 0.3 is 0 Å². The normalized spacial score (nSPS) is 22.9. The van der Waals surface area contributed by atoms with Crippen LogP contribution in [-0.4, -0.2) is 25.1 Å². The summed E-state index contributed by atoms with van der Waals surface area (Å²) in [6.07, 6.45) is 0.924. The van der Waals surface area contributed by atoms with Crippen LogP contribution in [0.15, 0.2) is 4.99 Å². The van der Waals surface area contributed by atoms with Crippen molar-refractivity contribution in [1.29, 1.82) is 0 Å². The number of hydrogen-bond acceptors (Lipinski definition) is 4. The zero-order valence-corrected chi connectivity index (χ0v) is 7.42. The summed E-state index contributed by atoms with van der Waals surface area (Å²) in [4.78, 5) is 4.08. The number of halogens is 1. The van der Waals surface area contributed by atoms with Crippen molar-refractivity contribution < 1.29 is 0 Å². The van der Waals surface area contributed by atoms with Crippen molar-refractivity contribution in [2.24, 2.45) is 16.5 Å². The Bertz CT molecular complexity index is 125. The average Bonchev–Trinajstić information content (AvgIpc) is 2.17. The number of rotatable bonds is 2. The van der Waals surface area contributed by atoms with E-state index in [9.17, 15) is 0 Å². The molecule has 1 aliphatic heterocycles. The van der Waals surface area contributed by atoms with E-state index in [0.717, 1.165) is 13.0 Å². The average molecular weight is 209 g/mol. The van der Waals surface area contributed by atoms with Crippen LogP contribution in [0.1, 0.15) is 6.42 Å². The smallest absolute Gasteiger partial charge is 0.189 e. The molecule has 0 saturated carbocycles. The van der Waals surface area contributed by atoms with Crippen LogP contribution in [0.3, 0.4) is 0 Å². The first-order valence-electron chi connectivity index (χ1n) is 3.10. The molecule has 60 valence electrons. The Balaban J connectivity index is 0.000000810. The Kier molecular flexibility index (Phi) is 4.38. The van der Waals surface area contributed by atoms with Crippen LogP contribution in [0.4, 0.5) is 0 Å². The third-order valence-electron chi connectivity index (χ3n) is 1.34. The van der Waals surface area contributed by atoms with Crippen molar-refractivity contribution in [2.45, 2.75) is 12.5 Å². The Morgan fingerprint density at radius 1 is 1.70 bits per heavy atom. The maximum Gasteiger partial charge on any atom is 0.189 e. The monoisotopic (exact) mass is 208 g/mol. The molecule has 0 bridgehead atoms. The van der Waals surface area contributed by atoms with Gasteiger partial charge in [0, 0.05) is 6.54 Å². The topological polar surface area (TPSA) is 76.4 Å². The lowest BCUT2D eigenvalue weighted by Crippen LogP contribution is -2.27. The van der Waals surface area contributed by atoms with Gasteiger partial charge in [-0.3, -0.25) is 0 Å². The summed E-state index contributed by atoms with van der Waals surface area (Å²) in [7, 11) is 0. The predicted octanol–water partition coefficient (Wildman–Crippen LogP) is -0.800. The molecule has 0 aromatic carbocycles. The Labute approximate surface area is 70.8 Å². The zero-order chi connectivity index (χ0) is 6.69. The van der Waals surface area contributed by atoms with Gasteiger partial charge in [-0.05, 0) is 13.0 Å². The molecule has 4 nitrogen and oxygen atoms in total. The first-order valence-corrected chi connectivity index (χ1v) is 3.10. The zero-order valence-electron chi connectivity index (χ0n) is 5.71. The lowest BCUT2D eigenvalue weighted by Gasteiger charge is -1.99.